The lowest BCUT2D eigenvalue weighted by Crippen LogP contribution is -2.62. The topological polar surface area (TPSA) is 113 Å². The van der Waals surface area contributed by atoms with Crippen molar-refractivity contribution in [2.45, 2.75) is 89.3 Å². The Morgan fingerprint density at radius 2 is 1.79 bits per heavy atom. The number of non-ortho nitro benzene ring substituents is 1. The third-order valence-corrected chi connectivity index (χ3v) is 7.42. The van der Waals surface area contributed by atoms with Crippen LogP contribution in [0.4, 0.5) is 10.5 Å². The third-order valence-electron chi connectivity index (χ3n) is 7.42. The van der Waals surface area contributed by atoms with Gasteiger partial charge in [-0.15, -0.1) is 0 Å². The predicted molar refractivity (Wildman–Crippen MR) is 126 cm³/mol. The van der Waals surface area contributed by atoms with Crippen LogP contribution in [0.5, 0.6) is 0 Å². The molecule has 2 unspecified atom stereocenters. The molecule has 1 heterocycles. The van der Waals surface area contributed by atoms with E-state index < -0.39 is 4.92 Å². The zero-order valence-electron chi connectivity index (χ0n) is 19.6. The van der Waals surface area contributed by atoms with Gasteiger partial charge in [0, 0.05) is 43.7 Å². The number of unbranched alkanes of at least 4 members (excludes halogenated alkanes) is 1. The van der Waals surface area contributed by atoms with Gasteiger partial charge < -0.3 is 10.2 Å². The van der Waals surface area contributed by atoms with Crippen LogP contribution in [0.3, 0.4) is 0 Å². The van der Waals surface area contributed by atoms with Gasteiger partial charge in [-0.05, 0) is 44.1 Å². The number of fused-ring (bicyclic) bond motifs is 1. The number of urea groups is 1. The van der Waals surface area contributed by atoms with Gasteiger partial charge in [0.15, 0.2) is 0 Å². The van der Waals surface area contributed by atoms with Crippen LogP contribution in [0, 0.1) is 16.0 Å². The van der Waals surface area contributed by atoms with E-state index in [0.717, 1.165) is 38.5 Å². The van der Waals surface area contributed by atoms with Crippen LogP contribution in [0.1, 0.15) is 76.2 Å². The first kappa shape index (κ1) is 24.2. The molecule has 0 radical (unpaired) electrons. The Hall–Kier alpha value is -2.97. The first-order chi connectivity index (χ1) is 16.4. The summed E-state index contributed by atoms with van der Waals surface area (Å²) in [7, 11) is 0. The third kappa shape index (κ3) is 5.56. The number of hydrogen-bond donors (Lipinski definition) is 1. The molecule has 2 atom stereocenters. The summed E-state index contributed by atoms with van der Waals surface area (Å²) in [5.74, 6) is -0.293. The fourth-order valence-corrected chi connectivity index (χ4v) is 5.65. The maximum atomic E-state index is 13.4. The molecule has 2 aliphatic carbocycles. The summed E-state index contributed by atoms with van der Waals surface area (Å²) in [6.07, 6.45) is 9.47. The molecule has 2 saturated carbocycles. The second kappa shape index (κ2) is 11.0. The quantitative estimate of drug-likeness (QED) is 0.331. The van der Waals surface area contributed by atoms with Gasteiger partial charge in [0.1, 0.15) is 0 Å². The van der Waals surface area contributed by atoms with Crippen LogP contribution in [-0.2, 0) is 16.1 Å². The van der Waals surface area contributed by atoms with Crippen LogP contribution in [0.2, 0.25) is 0 Å². The summed E-state index contributed by atoms with van der Waals surface area (Å²) in [6, 6.07) is 6.14. The van der Waals surface area contributed by atoms with E-state index in [9.17, 15) is 24.5 Å². The van der Waals surface area contributed by atoms with E-state index in [-0.39, 0.29) is 42.0 Å². The van der Waals surface area contributed by atoms with Gasteiger partial charge in [-0.2, -0.15) is 0 Å². The number of carbonyl (C=O) groups excluding carboxylic acids is 3. The number of amides is 4. The monoisotopic (exact) mass is 470 g/mol. The van der Waals surface area contributed by atoms with E-state index in [0.29, 0.717) is 37.4 Å². The Kier molecular flexibility index (Phi) is 7.80. The van der Waals surface area contributed by atoms with Gasteiger partial charge in [-0.3, -0.25) is 24.6 Å². The number of nitrogens with one attached hydrogen (secondary N) is 1. The molecule has 9 nitrogen and oxygen atoms in total. The van der Waals surface area contributed by atoms with E-state index in [1.165, 1.54) is 29.9 Å². The Balaban J connectivity index is 1.38. The summed E-state index contributed by atoms with van der Waals surface area (Å²) < 4.78 is 0. The average Bonchev–Trinajstić information content (AvgIpc) is 3.34. The second-order valence-electron chi connectivity index (χ2n) is 9.79. The number of imide groups is 1. The Bertz CT molecular complexity index is 930. The highest BCUT2D eigenvalue weighted by Crippen LogP contribution is 2.35. The normalized spacial score (nSPS) is 23.2. The first-order valence-corrected chi connectivity index (χ1v) is 12.6. The molecule has 4 amide bonds. The summed E-state index contributed by atoms with van der Waals surface area (Å²) in [6.45, 7) is 0.540. The molecule has 0 aromatic heterocycles. The second-order valence-corrected chi connectivity index (χ2v) is 9.79. The minimum absolute atomic E-state index is 0.00837. The maximum Gasteiger partial charge on any atom is 0.327 e. The standard InChI is InChI=1S/C25H34N4O5/c30-23(26-19-9-1-2-10-19)14-5-6-15-27-24(31)21-12-3-4-13-22(21)28(25(27)32)17-18-8-7-11-20(16-18)29(33)34/h7-8,11,16,19,21-22H,1-6,9-10,12-15,17H2,(H,26,30). The summed E-state index contributed by atoms with van der Waals surface area (Å²) in [5.41, 5.74) is 0.677. The number of carbonyl (C=O) groups is 3. The van der Waals surface area contributed by atoms with Crippen LogP contribution >= 0.6 is 0 Å². The molecule has 34 heavy (non-hydrogen) atoms. The molecule has 184 valence electrons. The number of nitro benzene ring substituents is 1. The van der Waals surface area contributed by atoms with Crippen LogP contribution in [0.25, 0.3) is 0 Å². The maximum absolute atomic E-state index is 13.4. The number of rotatable bonds is 9. The molecular weight excluding hydrogens is 436 g/mol. The molecule has 0 spiro atoms. The van der Waals surface area contributed by atoms with Gasteiger partial charge in [0.05, 0.1) is 10.8 Å². The van der Waals surface area contributed by atoms with Gasteiger partial charge in [-0.1, -0.05) is 37.8 Å². The highest BCUT2D eigenvalue weighted by molar-refractivity contribution is 5.98. The van der Waals surface area contributed by atoms with Crippen molar-refractivity contribution in [1.29, 1.82) is 0 Å². The van der Waals surface area contributed by atoms with E-state index in [1.54, 1.807) is 17.0 Å². The summed E-state index contributed by atoms with van der Waals surface area (Å²) >= 11 is 0. The van der Waals surface area contributed by atoms with Crippen LogP contribution in [-0.4, -0.2) is 51.2 Å². The van der Waals surface area contributed by atoms with E-state index >= 15 is 0 Å². The number of hydrogen-bond acceptors (Lipinski definition) is 5. The van der Waals surface area contributed by atoms with Crippen LogP contribution in [0.15, 0.2) is 24.3 Å². The van der Waals surface area contributed by atoms with E-state index in [2.05, 4.69) is 5.32 Å². The number of benzene rings is 1. The molecule has 1 aromatic rings. The van der Waals surface area contributed by atoms with Gasteiger partial charge in [0.2, 0.25) is 11.8 Å². The highest BCUT2D eigenvalue weighted by atomic mass is 16.6. The lowest BCUT2D eigenvalue weighted by atomic mass is 9.81. The van der Waals surface area contributed by atoms with Crippen molar-refractivity contribution >= 4 is 23.5 Å². The SMILES string of the molecule is O=C(CCCCN1C(=O)C2CCCCC2N(Cc2cccc([N+](=O)[O-])c2)C1=O)NC1CCCC1. The first-order valence-electron chi connectivity index (χ1n) is 12.6. The fraction of sp³-hybridized carbons (Fsp3) is 0.640. The number of nitrogens with zero attached hydrogens (tertiary/aromatic N) is 3. The minimum Gasteiger partial charge on any atom is -0.353 e. The van der Waals surface area contributed by atoms with Crippen LogP contribution < -0.4 is 5.32 Å². The van der Waals surface area contributed by atoms with Crippen molar-refractivity contribution in [3.05, 3.63) is 39.9 Å². The van der Waals surface area contributed by atoms with Crippen molar-refractivity contribution in [2.24, 2.45) is 5.92 Å². The molecule has 3 aliphatic rings. The van der Waals surface area contributed by atoms with E-state index in [1.807, 2.05) is 0 Å². The van der Waals surface area contributed by atoms with E-state index in [4.69, 9.17) is 0 Å². The Morgan fingerprint density at radius 1 is 1.06 bits per heavy atom. The van der Waals surface area contributed by atoms with Gasteiger partial charge in [0.25, 0.3) is 5.69 Å². The molecule has 9 heteroatoms. The molecule has 1 N–H and O–H groups in total. The van der Waals surface area contributed by atoms with Crippen molar-refractivity contribution in [1.82, 2.24) is 15.1 Å². The van der Waals surface area contributed by atoms with Crippen molar-refractivity contribution < 1.29 is 19.3 Å². The lowest BCUT2D eigenvalue weighted by molar-refractivity contribution is -0.384. The number of nitro groups is 1. The Morgan fingerprint density at radius 3 is 2.56 bits per heavy atom. The minimum atomic E-state index is -0.441. The van der Waals surface area contributed by atoms with Crippen molar-refractivity contribution in [2.75, 3.05) is 6.54 Å². The average molecular weight is 471 g/mol. The summed E-state index contributed by atoms with van der Waals surface area (Å²) in [4.78, 5) is 52.6. The Labute approximate surface area is 200 Å². The molecule has 0 bridgehead atoms. The van der Waals surface area contributed by atoms with Gasteiger partial charge in [-0.25, -0.2) is 4.79 Å². The fourth-order valence-electron chi connectivity index (χ4n) is 5.65. The summed E-state index contributed by atoms with van der Waals surface area (Å²) in [5, 5.41) is 14.2. The highest BCUT2D eigenvalue weighted by Gasteiger charge is 2.46. The smallest absolute Gasteiger partial charge is 0.327 e. The molecule has 4 rings (SSSR count). The predicted octanol–water partition coefficient (Wildman–Crippen LogP) is 4.15. The zero-order chi connectivity index (χ0) is 24.1. The molecule has 1 aliphatic heterocycles. The molecule has 3 fully saturated rings. The largest absolute Gasteiger partial charge is 0.353 e. The molecular formula is C25H34N4O5. The van der Waals surface area contributed by atoms with Crippen molar-refractivity contribution in [3.63, 3.8) is 0 Å². The zero-order valence-corrected chi connectivity index (χ0v) is 19.6. The van der Waals surface area contributed by atoms with Gasteiger partial charge >= 0.3 is 6.03 Å². The molecule has 1 saturated heterocycles. The van der Waals surface area contributed by atoms with Crippen molar-refractivity contribution in [3.8, 4) is 0 Å². The molecule has 1 aromatic carbocycles. The lowest BCUT2D eigenvalue weighted by Gasteiger charge is -2.47.